The first kappa shape index (κ1) is 15.7. The van der Waals surface area contributed by atoms with E-state index in [9.17, 15) is 9.90 Å². The molecule has 0 bridgehead atoms. The third-order valence-electron chi connectivity index (χ3n) is 4.07. The summed E-state index contributed by atoms with van der Waals surface area (Å²) in [5.74, 6) is 0.00257. The van der Waals surface area contributed by atoms with Crippen LogP contribution >= 0.6 is 0 Å². The predicted molar refractivity (Wildman–Crippen MR) is 77.4 cm³/mol. The molecule has 2 heterocycles. The maximum Gasteiger partial charge on any atom is 0.227 e. The molecule has 0 aliphatic carbocycles. The van der Waals surface area contributed by atoms with Crippen LogP contribution in [0.5, 0.6) is 0 Å². The number of likely N-dealkylation sites (tertiary alicyclic amines) is 1. The standard InChI is InChI=1S/C14H22N4O3/c1-8-11(9(2)17-14(15)16-8)5-13(21)18-4-3-10(7-19)12(20)6-18/h10,12,19-20H,3-7H2,1-2H3,(H2,15,16,17)/t10-,12+/m0/s1. The highest BCUT2D eigenvalue weighted by molar-refractivity contribution is 5.79. The number of rotatable bonds is 3. The van der Waals surface area contributed by atoms with Crippen molar-refractivity contribution in [2.45, 2.75) is 32.8 Å². The van der Waals surface area contributed by atoms with E-state index in [0.717, 1.165) is 5.56 Å². The molecule has 0 spiro atoms. The molecule has 7 nitrogen and oxygen atoms in total. The molecule has 0 radical (unpaired) electrons. The molecule has 2 atom stereocenters. The van der Waals surface area contributed by atoms with E-state index in [4.69, 9.17) is 10.8 Å². The second-order valence-corrected chi connectivity index (χ2v) is 5.55. The van der Waals surface area contributed by atoms with Gasteiger partial charge >= 0.3 is 0 Å². The molecule has 1 fully saturated rings. The monoisotopic (exact) mass is 294 g/mol. The highest BCUT2D eigenvalue weighted by Crippen LogP contribution is 2.19. The van der Waals surface area contributed by atoms with E-state index in [1.165, 1.54) is 0 Å². The van der Waals surface area contributed by atoms with Crippen LogP contribution in [0.3, 0.4) is 0 Å². The third kappa shape index (κ3) is 3.48. The Labute approximate surface area is 123 Å². The van der Waals surface area contributed by atoms with Gasteiger partial charge in [0.2, 0.25) is 11.9 Å². The van der Waals surface area contributed by atoms with Crippen molar-refractivity contribution in [1.29, 1.82) is 0 Å². The van der Waals surface area contributed by atoms with Crippen molar-refractivity contribution in [3.8, 4) is 0 Å². The molecule has 1 saturated heterocycles. The van der Waals surface area contributed by atoms with Crippen molar-refractivity contribution in [3.05, 3.63) is 17.0 Å². The van der Waals surface area contributed by atoms with E-state index in [2.05, 4.69) is 9.97 Å². The van der Waals surface area contributed by atoms with Crippen LogP contribution in [0.15, 0.2) is 0 Å². The van der Waals surface area contributed by atoms with Crippen LogP contribution in [-0.2, 0) is 11.2 Å². The molecule has 1 aromatic rings. The number of β-amino-alcohol motifs (C(OH)–C–C–N with tert-alkyl or cyclic N) is 1. The minimum absolute atomic E-state index is 0.0484. The number of hydrogen-bond acceptors (Lipinski definition) is 6. The lowest BCUT2D eigenvalue weighted by molar-refractivity contribution is -0.135. The predicted octanol–water partition coefficient (Wildman–Crippen LogP) is -0.580. The molecular formula is C14H22N4O3. The lowest BCUT2D eigenvalue weighted by Crippen LogP contribution is -2.48. The van der Waals surface area contributed by atoms with Gasteiger partial charge in [0.05, 0.1) is 12.5 Å². The summed E-state index contributed by atoms with van der Waals surface area (Å²) in [6.45, 7) is 4.38. The van der Waals surface area contributed by atoms with E-state index < -0.39 is 6.10 Å². The van der Waals surface area contributed by atoms with Gasteiger partial charge in [0.25, 0.3) is 0 Å². The molecule has 1 aliphatic rings. The van der Waals surface area contributed by atoms with Crippen LogP contribution in [-0.4, -0.2) is 56.8 Å². The Morgan fingerprint density at radius 2 is 2.00 bits per heavy atom. The number of aromatic nitrogens is 2. The van der Waals surface area contributed by atoms with E-state index in [1.54, 1.807) is 18.7 Å². The summed E-state index contributed by atoms with van der Waals surface area (Å²) in [4.78, 5) is 22.2. The fraction of sp³-hybridized carbons (Fsp3) is 0.643. The number of piperidine rings is 1. The van der Waals surface area contributed by atoms with Gasteiger partial charge in [-0.25, -0.2) is 9.97 Å². The number of anilines is 1. The largest absolute Gasteiger partial charge is 0.396 e. The van der Waals surface area contributed by atoms with Crippen molar-refractivity contribution in [3.63, 3.8) is 0 Å². The second kappa shape index (κ2) is 6.36. The van der Waals surface area contributed by atoms with Gasteiger partial charge in [-0.05, 0) is 20.3 Å². The zero-order chi connectivity index (χ0) is 15.6. The molecule has 0 saturated carbocycles. The fourth-order valence-electron chi connectivity index (χ4n) is 2.70. The normalized spacial score (nSPS) is 22.4. The number of hydrogen-bond donors (Lipinski definition) is 3. The maximum atomic E-state index is 12.4. The number of carbonyl (C=O) groups is 1. The number of aliphatic hydroxyl groups is 2. The van der Waals surface area contributed by atoms with Gasteiger partial charge in [-0.1, -0.05) is 0 Å². The summed E-state index contributed by atoms with van der Waals surface area (Å²) in [5.41, 5.74) is 7.78. The van der Waals surface area contributed by atoms with Gasteiger partial charge in [-0.3, -0.25) is 4.79 Å². The molecule has 7 heteroatoms. The van der Waals surface area contributed by atoms with E-state index >= 15 is 0 Å². The second-order valence-electron chi connectivity index (χ2n) is 5.55. The van der Waals surface area contributed by atoms with Crippen molar-refractivity contribution >= 4 is 11.9 Å². The Balaban J connectivity index is 2.06. The summed E-state index contributed by atoms with van der Waals surface area (Å²) in [6, 6.07) is 0. The molecule has 0 aromatic carbocycles. The topological polar surface area (TPSA) is 113 Å². The summed E-state index contributed by atoms with van der Waals surface area (Å²) >= 11 is 0. The number of nitrogens with zero attached hydrogens (tertiary/aromatic N) is 3. The van der Waals surface area contributed by atoms with Crippen molar-refractivity contribution in [2.75, 3.05) is 25.4 Å². The number of nitrogens with two attached hydrogens (primary N) is 1. The zero-order valence-corrected chi connectivity index (χ0v) is 12.4. The first-order valence-corrected chi connectivity index (χ1v) is 7.08. The lowest BCUT2D eigenvalue weighted by Gasteiger charge is -2.35. The summed E-state index contributed by atoms with van der Waals surface area (Å²) in [5, 5.41) is 19.0. The molecule has 1 amide bonds. The molecular weight excluding hydrogens is 272 g/mol. The SMILES string of the molecule is Cc1nc(N)nc(C)c1CC(=O)N1CC[C@@H](CO)[C@H](O)C1. The van der Waals surface area contributed by atoms with Crippen LogP contribution in [0.1, 0.15) is 23.4 Å². The van der Waals surface area contributed by atoms with Crippen LogP contribution in [0.4, 0.5) is 5.95 Å². The van der Waals surface area contributed by atoms with Gasteiger partial charge < -0.3 is 20.8 Å². The number of carbonyl (C=O) groups excluding carboxylic acids is 1. The Morgan fingerprint density at radius 1 is 1.38 bits per heavy atom. The summed E-state index contributed by atoms with van der Waals surface area (Å²) in [6.07, 6.45) is 0.145. The van der Waals surface area contributed by atoms with Crippen molar-refractivity contribution in [2.24, 2.45) is 5.92 Å². The zero-order valence-electron chi connectivity index (χ0n) is 12.4. The van der Waals surface area contributed by atoms with Crippen LogP contribution < -0.4 is 5.73 Å². The van der Waals surface area contributed by atoms with Gasteiger partial charge in [0, 0.05) is 42.6 Å². The smallest absolute Gasteiger partial charge is 0.227 e. The van der Waals surface area contributed by atoms with Crippen LogP contribution in [0.2, 0.25) is 0 Å². The fourth-order valence-corrected chi connectivity index (χ4v) is 2.70. The van der Waals surface area contributed by atoms with Gasteiger partial charge in [0.15, 0.2) is 0 Å². The van der Waals surface area contributed by atoms with E-state index in [-0.39, 0.29) is 37.3 Å². The third-order valence-corrected chi connectivity index (χ3v) is 4.07. The number of aliphatic hydroxyl groups excluding tert-OH is 2. The van der Waals surface area contributed by atoms with Crippen LogP contribution in [0, 0.1) is 19.8 Å². The molecule has 1 aromatic heterocycles. The first-order valence-electron chi connectivity index (χ1n) is 7.08. The number of nitrogen functional groups attached to an aromatic ring is 1. The Hall–Kier alpha value is -1.73. The Bertz CT molecular complexity index is 512. The first-order chi connectivity index (χ1) is 9.92. The van der Waals surface area contributed by atoms with Gasteiger partial charge in [0.1, 0.15) is 0 Å². The summed E-state index contributed by atoms with van der Waals surface area (Å²) in [7, 11) is 0. The highest BCUT2D eigenvalue weighted by atomic mass is 16.3. The van der Waals surface area contributed by atoms with Gasteiger partial charge in [-0.15, -0.1) is 0 Å². The Morgan fingerprint density at radius 3 is 2.52 bits per heavy atom. The summed E-state index contributed by atoms with van der Waals surface area (Å²) < 4.78 is 0. The molecule has 4 N–H and O–H groups in total. The van der Waals surface area contributed by atoms with E-state index in [0.29, 0.717) is 24.4 Å². The van der Waals surface area contributed by atoms with Crippen molar-refractivity contribution < 1.29 is 15.0 Å². The molecule has 21 heavy (non-hydrogen) atoms. The lowest BCUT2D eigenvalue weighted by atomic mass is 9.94. The minimum atomic E-state index is -0.669. The molecule has 0 unspecified atom stereocenters. The Kier molecular flexibility index (Phi) is 4.74. The molecule has 116 valence electrons. The average Bonchev–Trinajstić information content (AvgIpc) is 2.42. The minimum Gasteiger partial charge on any atom is -0.396 e. The van der Waals surface area contributed by atoms with E-state index in [1.807, 2.05) is 0 Å². The number of aryl methyl sites for hydroxylation is 2. The highest BCUT2D eigenvalue weighted by Gasteiger charge is 2.30. The van der Waals surface area contributed by atoms with Gasteiger partial charge in [-0.2, -0.15) is 0 Å². The van der Waals surface area contributed by atoms with Crippen molar-refractivity contribution in [1.82, 2.24) is 14.9 Å². The maximum absolute atomic E-state index is 12.4. The number of amides is 1. The average molecular weight is 294 g/mol. The van der Waals surface area contributed by atoms with Crippen LogP contribution in [0.25, 0.3) is 0 Å². The molecule has 1 aliphatic heterocycles. The quantitative estimate of drug-likeness (QED) is 0.687. The molecule has 2 rings (SSSR count).